The molecule has 0 unspecified atom stereocenters. The van der Waals surface area contributed by atoms with Gasteiger partial charge in [-0.05, 0) is 56.8 Å². The van der Waals surface area contributed by atoms with E-state index in [0.717, 1.165) is 32.1 Å². The highest BCUT2D eigenvalue weighted by atomic mass is 19.1. The van der Waals surface area contributed by atoms with Gasteiger partial charge in [-0.3, -0.25) is 0 Å². The second-order valence-electron chi connectivity index (χ2n) is 9.70. The van der Waals surface area contributed by atoms with E-state index >= 15 is 4.39 Å². The molecule has 0 radical (unpaired) electrons. The SMILES string of the molecule is CN1CCOc2c(F)cc(-c3nc(Cc4ccc(N5CCC(N(C)C)CC5)c(F)c4)ncc3F)cc21. The Morgan fingerprint density at radius 2 is 1.75 bits per heavy atom. The minimum absolute atomic E-state index is 0.00142. The van der Waals surface area contributed by atoms with Crippen LogP contribution in [0.4, 0.5) is 24.5 Å². The molecule has 1 saturated heterocycles. The lowest BCUT2D eigenvalue weighted by Crippen LogP contribution is -2.42. The molecule has 0 spiro atoms. The van der Waals surface area contributed by atoms with Crippen LogP contribution in [0, 0.1) is 17.5 Å². The third-order valence-electron chi connectivity index (χ3n) is 7.09. The van der Waals surface area contributed by atoms with Gasteiger partial charge in [-0.15, -0.1) is 0 Å². The predicted molar refractivity (Wildman–Crippen MR) is 134 cm³/mol. The normalized spacial score (nSPS) is 16.3. The summed E-state index contributed by atoms with van der Waals surface area (Å²) in [5.74, 6) is -1.03. The number of likely N-dealkylation sites (N-methyl/N-ethyl adjacent to an activating group) is 1. The van der Waals surface area contributed by atoms with E-state index < -0.39 is 11.6 Å². The second kappa shape index (κ2) is 9.97. The van der Waals surface area contributed by atoms with Gasteiger partial charge in [0.25, 0.3) is 0 Å². The van der Waals surface area contributed by atoms with Crippen molar-refractivity contribution in [2.75, 3.05) is 57.2 Å². The molecule has 9 heteroatoms. The molecule has 36 heavy (non-hydrogen) atoms. The maximum Gasteiger partial charge on any atom is 0.178 e. The smallest absolute Gasteiger partial charge is 0.178 e. The highest BCUT2D eigenvalue weighted by molar-refractivity contribution is 5.72. The zero-order chi connectivity index (χ0) is 25.4. The van der Waals surface area contributed by atoms with Gasteiger partial charge in [-0.2, -0.15) is 0 Å². The highest BCUT2D eigenvalue weighted by Gasteiger charge is 2.24. The van der Waals surface area contributed by atoms with Crippen LogP contribution >= 0.6 is 0 Å². The largest absolute Gasteiger partial charge is 0.486 e. The lowest BCUT2D eigenvalue weighted by molar-refractivity contribution is 0.249. The maximum absolute atomic E-state index is 15.0. The predicted octanol–water partition coefficient (Wildman–Crippen LogP) is 4.51. The van der Waals surface area contributed by atoms with Crippen LogP contribution in [-0.4, -0.2) is 68.3 Å². The number of nitrogens with zero attached hydrogens (tertiary/aromatic N) is 5. The Balaban J connectivity index is 1.36. The molecule has 0 N–H and O–H groups in total. The summed E-state index contributed by atoms with van der Waals surface area (Å²) in [6.45, 7) is 2.60. The van der Waals surface area contributed by atoms with Crippen LogP contribution in [0.5, 0.6) is 5.75 Å². The van der Waals surface area contributed by atoms with Crippen LogP contribution in [0.3, 0.4) is 0 Å². The molecule has 6 nitrogen and oxygen atoms in total. The van der Waals surface area contributed by atoms with Crippen molar-refractivity contribution in [3.8, 4) is 17.0 Å². The van der Waals surface area contributed by atoms with Gasteiger partial charge < -0.3 is 19.4 Å². The number of hydrogen-bond donors (Lipinski definition) is 0. The Morgan fingerprint density at radius 1 is 0.972 bits per heavy atom. The standard InChI is InChI=1S/C27H30F3N5O/c1-33(2)19-6-8-35(9-7-19)23-5-4-17(12-20(23)28)13-25-31-16-22(30)26(32-25)18-14-21(29)27-24(15-18)34(3)10-11-36-27/h4-5,12,14-16,19H,6-11,13H2,1-3H3. The van der Waals surface area contributed by atoms with Crippen molar-refractivity contribution in [1.29, 1.82) is 0 Å². The number of halogens is 3. The van der Waals surface area contributed by atoms with Gasteiger partial charge in [0.15, 0.2) is 17.4 Å². The Bertz CT molecular complexity index is 1260. The molecule has 2 aliphatic heterocycles. The third kappa shape index (κ3) is 4.84. The number of anilines is 2. The van der Waals surface area contributed by atoms with Gasteiger partial charge in [0, 0.05) is 38.2 Å². The summed E-state index contributed by atoms with van der Waals surface area (Å²) in [4.78, 5) is 14.6. The van der Waals surface area contributed by atoms with Crippen molar-refractivity contribution in [2.45, 2.75) is 25.3 Å². The third-order valence-corrected chi connectivity index (χ3v) is 7.09. The minimum Gasteiger partial charge on any atom is -0.486 e. The zero-order valence-electron chi connectivity index (χ0n) is 20.8. The number of hydrogen-bond acceptors (Lipinski definition) is 6. The summed E-state index contributed by atoms with van der Waals surface area (Å²) >= 11 is 0. The Hall–Kier alpha value is -3.33. The molecule has 1 fully saturated rings. The van der Waals surface area contributed by atoms with Crippen molar-refractivity contribution in [3.63, 3.8) is 0 Å². The summed E-state index contributed by atoms with van der Waals surface area (Å²) in [7, 11) is 5.98. The number of rotatable bonds is 5. The Morgan fingerprint density at radius 3 is 2.47 bits per heavy atom. The molecule has 0 atom stereocenters. The molecule has 3 aromatic rings. The second-order valence-corrected chi connectivity index (χ2v) is 9.70. The van der Waals surface area contributed by atoms with Crippen LogP contribution in [-0.2, 0) is 6.42 Å². The maximum atomic E-state index is 15.0. The van der Waals surface area contributed by atoms with Gasteiger partial charge in [-0.25, -0.2) is 23.1 Å². The van der Waals surface area contributed by atoms with E-state index in [4.69, 9.17) is 4.74 Å². The molecular formula is C27H30F3N5O. The van der Waals surface area contributed by atoms with Crippen molar-refractivity contribution in [2.24, 2.45) is 0 Å². The minimum atomic E-state index is -0.653. The number of fused-ring (bicyclic) bond motifs is 1. The monoisotopic (exact) mass is 497 g/mol. The van der Waals surface area contributed by atoms with Gasteiger partial charge in [0.2, 0.25) is 0 Å². The van der Waals surface area contributed by atoms with Crippen LogP contribution in [0.15, 0.2) is 36.5 Å². The number of ether oxygens (including phenoxy) is 1. The fraction of sp³-hybridized carbons (Fsp3) is 0.407. The van der Waals surface area contributed by atoms with E-state index in [1.807, 2.05) is 18.0 Å². The van der Waals surface area contributed by atoms with Gasteiger partial charge in [0.1, 0.15) is 23.9 Å². The van der Waals surface area contributed by atoms with E-state index in [1.165, 1.54) is 12.1 Å². The van der Waals surface area contributed by atoms with E-state index in [-0.39, 0.29) is 23.7 Å². The highest BCUT2D eigenvalue weighted by Crippen LogP contribution is 2.38. The molecule has 2 aliphatic rings. The summed E-state index contributed by atoms with van der Waals surface area (Å²) in [6, 6.07) is 8.55. The summed E-state index contributed by atoms with van der Waals surface area (Å²) in [5, 5.41) is 0. The molecule has 0 bridgehead atoms. The Labute approximate surface area is 209 Å². The first-order chi connectivity index (χ1) is 17.3. The lowest BCUT2D eigenvalue weighted by Gasteiger charge is -2.36. The van der Waals surface area contributed by atoms with E-state index in [1.54, 1.807) is 12.1 Å². The number of piperidine rings is 1. The quantitative estimate of drug-likeness (QED) is 0.517. The van der Waals surface area contributed by atoms with Crippen molar-refractivity contribution >= 4 is 11.4 Å². The molecular weight excluding hydrogens is 467 g/mol. The van der Waals surface area contributed by atoms with Gasteiger partial charge in [0.05, 0.1) is 24.1 Å². The number of benzene rings is 2. The summed E-state index contributed by atoms with van der Waals surface area (Å²) in [6.07, 6.45) is 3.29. The van der Waals surface area contributed by atoms with Gasteiger partial charge in [-0.1, -0.05) is 6.07 Å². The topological polar surface area (TPSA) is 44.7 Å². The molecule has 0 saturated carbocycles. The van der Waals surface area contributed by atoms with Crippen molar-refractivity contribution in [1.82, 2.24) is 14.9 Å². The van der Waals surface area contributed by atoms with E-state index in [9.17, 15) is 8.78 Å². The van der Waals surface area contributed by atoms with E-state index in [0.29, 0.717) is 47.5 Å². The molecule has 190 valence electrons. The van der Waals surface area contributed by atoms with Crippen molar-refractivity contribution in [3.05, 3.63) is 65.4 Å². The van der Waals surface area contributed by atoms with Gasteiger partial charge >= 0.3 is 0 Å². The van der Waals surface area contributed by atoms with Crippen LogP contribution in [0.25, 0.3) is 11.3 Å². The van der Waals surface area contributed by atoms with E-state index in [2.05, 4.69) is 33.9 Å². The first-order valence-corrected chi connectivity index (χ1v) is 12.2. The first-order valence-electron chi connectivity index (χ1n) is 12.2. The Kier molecular flexibility index (Phi) is 6.75. The first kappa shape index (κ1) is 24.4. The molecule has 2 aromatic carbocycles. The molecule has 5 rings (SSSR count). The average Bonchev–Trinajstić information content (AvgIpc) is 2.86. The summed E-state index contributed by atoms with van der Waals surface area (Å²) in [5.41, 5.74) is 2.12. The van der Waals surface area contributed by atoms with Crippen LogP contribution in [0.1, 0.15) is 24.2 Å². The molecule has 1 aromatic heterocycles. The molecule has 0 aliphatic carbocycles. The fourth-order valence-electron chi connectivity index (χ4n) is 4.96. The lowest BCUT2D eigenvalue weighted by atomic mass is 10.0. The average molecular weight is 498 g/mol. The van der Waals surface area contributed by atoms with Crippen LogP contribution < -0.4 is 14.5 Å². The zero-order valence-corrected chi connectivity index (χ0v) is 20.8. The molecule has 3 heterocycles. The number of aromatic nitrogens is 2. The van der Waals surface area contributed by atoms with Crippen LogP contribution in [0.2, 0.25) is 0 Å². The fourth-order valence-corrected chi connectivity index (χ4v) is 4.96. The van der Waals surface area contributed by atoms with Crippen molar-refractivity contribution < 1.29 is 17.9 Å². The molecule has 0 amide bonds. The summed E-state index contributed by atoms with van der Waals surface area (Å²) < 4.78 is 49.9.